The first-order valence-electron chi connectivity index (χ1n) is 42.7. The van der Waals surface area contributed by atoms with Crippen molar-refractivity contribution in [2.75, 3.05) is 83.4 Å². The molecule has 6 heterocycles. The summed E-state index contributed by atoms with van der Waals surface area (Å²) in [5, 5.41) is 39.0. The largest absolute Gasteiger partial charge is 0.507 e. The number of aromatic nitrogens is 8. The molecule has 716 valence electrons. The molecule has 136 heavy (non-hydrogen) atoms. The van der Waals surface area contributed by atoms with E-state index in [1.165, 1.54) is 103 Å². The molecule has 0 bridgehead atoms. The highest BCUT2D eigenvalue weighted by Gasteiger charge is 2.43. The quantitative estimate of drug-likeness (QED) is 0.0387. The van der Waals surface area contributed by atoms with Crippen molar-refractivity contribution in [1.29, 1.82) is 0 Å². The SMILES string of the molecule is C=CC(=O)N1CCN(c2nc(C(C)(C)C)nc3c(F)c(-c4c(O)cccc4F)c(Cl)cc23)CC1.C=CC(=O)Nc1cc(Cl)cc(NC(=O)c2cnn(-c3ccc(C(C)(C)C)cc3)c2C(F)(F)F)c1.CCC(=O)N1CCN(c2nc(C(C)(C)C)nc3c(F)c(-c4c(O)cccc4F)c(Cl)cc23)CC1.CCC(=O)Nc1cc(Cl)cc(NC(=O)c2cnn(-c3ccc(C(C)(C)C)cc3)c2C(F)(F)F)c1. The molecule has 0 spiro atoms. The van der Waals surface area contributed by atoms with E-state index in [4.69, 9.17) is 56.4 Å². The molecule has 6 amide bonds. The van der Waals surface area contributed by atoms with Gasteiger partial charge in [0.2, 0.25) is 23.6 Å². The van der Waals surface area contributed by atoms with Crippen LogP contribution in [0.15, 0.2) is 171 Å². The minimum atomic E-state index is -4.86. The number of nitrogens with zero attached hydrogens (tertiary/aromatic N) is 12. The Kier molecular flexibility index (Phi) is 31.6. The fourth-order valence-electron chi connectivity index (χ4n) is 14.6. The first-order chi connectivity index (χ1) is 63.6. The fourth-order valence-corrected chi connectivity index (χ4v) is 15.7. The van der Waals surface area contributed by atoms with Crippen LogP contribution in [-0.2, 0) is 53.2 Å². The second-order valence-corrected chi connectivity index (χ2v) is 37.5. The van der Waals surface area contributed by atoms with Crippen molar-refractivity contribution >= 4 is 138 Å². The zero-order valence-corrected chi connectivity index (χ0v) is 79.5. The average molecular weight is 1960 g/mol. The molecule has 0 saturated carbocycles. The van der Waals surface area contributed by atoms with Gasteiger partial charge in [0.1, 0.15) is 57.5 Å². The van der Waals surface area contributed by atoms with Gasteiger partial charge in [-0.3, -0.25) is 28.8 Å². The zero-order valence-electron chi connectivity index (χ0n) is 76.5. The number of hydrogen-bond donors (Lipinski definition) is 6. The van der Waals surface area contributed by atoms with Crippen molar-refractivity contribution in [2.24, 2.45) is 0 Å². The third kappa shape index (κ3) is 24.0. The summed E-state index contributed by atoms with van der Waals surface area (Å²) in [6.45, 7) is 37.8. The number of carbonyl (C=O) groups excluding carboxylic acids is 6. The lowest BCUT2D eigenvalue weighted by Crippen LogP contribution is -2.49. The van der Waals surface area contributed by atoms with Gasteiger partial charge in [-0.05, 0) is 131 Å². The second kappa shape index (κ2) is 41.6. The number of aromatic hydroxyl groups is 2. The first-order valence-corrected chi connectivity index (χ1v) is 44.2. The third-order valence-electron chi connectivity index (χ3n) is 21.7. The standard InChI is InChI=1S/C25H27ClF2N4O2.C25H25ClF2N4O2.C24H24ClF3N4O2.C24H22ClF3N4O2/c2*1-5-18(34)31-9-11-32(12-10-31)23-14-13-15(26)19(20-16(27)7-6-8-17(20)33)21(28)22(14)29-24(30-23)25(2,3)4;2*1-5-20(33)30-16-10-15(25)11-17(12-16)31-22(34)19-13-29-32(21(19)24(26,27)28)18-8-6-14(7-9-18)23(2,3)4/h6-8,13,33H,5,9-12H2,1-4H3;5-8,13,33H,1,9-12H2,2-4H3;6-13H,5H2,1-4H3,(H,30,33)(H,31,34);5-13H,1H2,2-4H3,(H,30,33)(H,31,34). The molecule has 0 aliphatic carbocycles. The number of phenolic OH excluding ortho intramolecular Hbond substituents is 2. The van der Waals surface area contributed by atoms with Crippen LogP contribution in [0.25, 0.3) is 55.4 Å². The Morgan fingerprint density at radius 2 is 0.794 bits per heavy atom. The van der Waals surface area contributed by atoms with E-state index in [0.717, 1.165) is 41.7 Å². The predicted molar refractivity (Wildman–Crippen MR) is 510 cm³/mol. The van der Waals surface area contributed by atoms with Crippen LogP contribution in [0.5, 0.6) is 11.5 Å². The first kappa shape index (κ1) is 103. The number of halogens is 14. The molecule has 0 radical (unpaired) electrons. The van der Waals surface area contributed by atoms with E-state index >= 15 is 8.78 Å². The minimum absolute atomic E-state index is 0.00374. The summed E-state index contributed by atoms with van der Waals surface area (Å²) in [6, 6.07) is 31.9. The van der Waals surface area contributed by atoms with Crippen LogP contribution < -0.4 is 31.1 Å². The number of phenols is 2. The Bertz CT molecular complexity index is 6550. The van der Waals surface area contributed by atoms with Crippen LogP contribution >= 0.6 is 46.4 Å². The lowest BCUT2D eigenvalue weighted by molar-refractivity contribution is -0.143. The summed E-state index contributed by atoms with van der Waals surface area (Å²) >= 11 is 25.0. The van der Waals surface area contributed by atoms with E-state index in [2.05, 4.69) is 54.6 Å². The molecule has 8 aromatic carbocycles. The number of nitrogens with one attached hydrogen (secondary N) is 4. The Hall–Kier alpha value is -13.2. The molecule has 2 aliphatic rings. The van der Waals surface area contributed by atoms with Gasteiger partial charge in [-0.25, -0.2) is 46.9 Å². The predicted octanol–water partition coefficient (Wildman–Crippen LogP) is 23.0. The molecule has 38 heteroatoms. The van der Waals surface area contributed by atoms with E-state index in [9.17, 15) is 74.1 Å². The Morgan fingerprint density at radius 1 is 0.434 bits per heavy atom. The van der Waals surface area contributed by atoms with Crippen molar-refractivity contribution in [1.82, 2.24) is 49.3 Å². The number of piperazine rings is 2. The van der Waals surface area contributed by atoms with E-state index in [0.29, 0.717) is 108 Å². The molecule has 24 nitrogen and oxygen atoms in total. The van der Waals surface area contributed by atoms with Crippen LogP contribution in [0.4, 0.5) is 78.3 Å². The lowest BCUT2D eigenvalue weighted by Gasteiger charge is -2.36. The van der Waals surface area contributed by atoms with Crippen molar-refractivity contribution in [2.45, 2.75) is 144 Å². The molecule has 0 atom stereocenters. The number of rotatable bonds is 16. The van der Waals surface area contributed by atoms with Crippen LogP contribution in [0.1, 0.15) is 165 Å². The highest BCUT2D eigenvalue weighted by atomic mass is 35.5. The zero-order chi connectivity index (χ0) is 100. The van der Waals surface area contributed by atoms with Crippen LogP contribution in [0, 0.1) is 23.3 Å². The lowest BCUT2D eigenvalue weighted by atomic mass is 9.87. The summed E-state index contributed by atoms with van der Waals surface area (Å²) in [4.78, 5) is 98.8. The van der Waals surface area contributed by atoms with Crippen LogP contribution in [-0.4, -0.2) is 147 Å². The maximum Gasteiger partial charge on any atom is 0.434 e. The molecule has 2 fully saturated rings. The average Bonchev–Trinajstić information content (AvgIpc) is 1.29. The Balaban J connectivity index is 0.000000174. The maximum atomic E-state index is 16.0. The number of benzene rings is 8. The van der Waals surface area contributed by atoms with Gasteiger partial charge in [0, 0.05) is 131 Å². The van der Waals surface area contributed by atoms with E-state index in [1.54, 1.807) is 41.0 Å². The number of alkyl halides is 6. The van der Waals surface area contributed by atoms with E-state index in [-0.39, 0.29) is 117 Å². The van der Waals surface area contributed by atoms with E-state index in [1.807, 2.05) is 99.8 Å². The molecule has 2 aliphatic heterocycles. The molecule has 6 N–H and O–H groups in total. The molecule has 0 unspecified atom stereocenters. The number of hydrogen-bond acceptors (Lipinski definition) is 16. The maximum absolute atomic E-state index is 16.0. The van der Waals surface area contributed by atoms with Gasteiger partial charge < -0.3 is 51.1 Å². The van der Waals surface area contributed by atoms with Gasteiger partial charge in [0.05, 0.1) is 56.1 Å². The normalized spacial score (nSPS) is 13.2. The molecular weight excluding hydrogens is 1860 g/mol. The van der Waals surface area contributed by atoms with Crippen molar-refractivity contribution in [3.8, 4) is 45.1 Å². The summed E-state index contributed by atoms with van der Waals surface area (Å²) in [5.41, 5.74) is -3.22. The summed E-state index contributed by atoms with van der Waals surface area (Å²) in [7, 11) is 0. The Labute approximate surface area is 797 Å². The van der Waals surface area contributed by atoms with Crippen LogP contribution in [0.3, 0.4) is 0 Å². The van der Waals surface area contributed by atoms with Crippen molar-refractivity contribution < 1.29 is 82.9 Å². The van der Waals surface area contributed by atoms with Gasteiger partial charge in [-0.2, -0.15) is 36.5 Å². The van der Waals surface area contributed by atoms with Gasteiger partial charge >= 0.3 is 12.4 Å². The highest BCUT2D eigenvalue weighted by Crippen LogP contribution is 2.47. The molecule has 2 saturated heterocycles. The van der Waals surface area contributed by atoms with E-state index < -0.39 is 98.2 Å². The summed E-state index contributed by atoms with van der Waals surface area (Å²) in [6.07, 6.45) is -4.99. The molecular formula is C98H98Cl4F10N16O8. The second-order valence-electron chi connectivity index (χ2n) is 35.8. The number of anilines is 6. The monoisotopic (exact) mass is 1960 g/mol. The van der Waals surface area contributed by atoms with Crippen LogP contribution in [0.2, 0.25) is 20.1 Å². The van der Waals surface area contributed by atoms with Gasteiger partial charge in [-0.1, -0.05) is 193 Å². The number of fused-ring (bicyclic) bond motifs is 2. The topological polar surface area (TPSA) is 291 Å². The van der Waals surface area contributed by atoms with Gasteiger partial charge in [-0.15, -0.1) is 0 Å². The molecule has 4 aromatic heterocycles. The summed E-state index contributed by atoms with van der Waals surface area (Å²) in [5.74, 6) is -5.15. The van der Waals surface area contributed by atoms with Gasteiger partial charge in [0.15, 0.2) is 23.0 Å². The molecule has 14 rings (SSSR count). The third-order valence-corrected chi connectivity index (χ3v) is 22.8. The minimum Gasteiger partial charge on any atom is -0.507 e. The smallest absolute Gasteiger partial charge is 0.434 e. The number of carbonyl (C=O) groups is 6. The summed E-state index contributed by atoms with van der Waals surface area (Å²) < 4.78 is 147. The highest BCUT2D eigenvalue weighted by molar-refractivity contribution is 6.35. The fraction of sp³-hybridized carbons (Fsp3) is 0.306. The molecule has 12 aromatic rings. The van der Waals surface area contributed by atoms with Gasteiger partial charge in [0.25, 0.3) is 11.8 Å². The van der Waals surface area contributed by atoms with Crippen molar-refractivity contribution in [3.05, 3.63) is 260 Å². The Morgan fingerprint density at radius 3 is 1.12 bits per heavy atom. The number of amides is 6. The van der Waals surface area contributed by atoms with Crippen molar-refractivity contribution in [3.63, 3.8) is 0 Å².